The molecule has 1 saturated heterocycles. The van der Waals surface area contributed by atoms with E-state index in [4.69, 9.17) is 4.74 Å². The standard InChI is InChI=1S/C17H28N2O/c1-14-12-15(2)17(20-3)16(13-14)6-4-9-19-10-5-7-18-8-11-19/h12-13,18H,4-11H2,1-3H3. The zero-order valence-electron chi connectivity index (χ0n) is 13.2. The Bertz CT molecular complexity index is 423. The lowest BCUT2D eigenvalue weighted by molar-refractivity contribution is 0.288. The number of benzene rings is 1. The summed E-state index contributed by atoms with van der Waals surface area (Å²) in [6, 6.07) is 4.47. The van der Waals surface area contributed by atoms with E-state index in [2.05, 4.69) is 36.2 Å². The molecule has 1 fully saturated rings. The van der Waals surface area contributed by atoms with E-state index in [9.17, 15) is 0 Å². The van der Waals surface area contributed by atoms with Crippen LogP contribution in [0.15, 0.2) is 12.1 Å². The molecule has 0 spiro atoms. The molecule has 20 heavy (non-hydrogen) atoms. The van der Waals surface area contributed by atoms with E-state index in [0.29, 0.717) is 0 Å². The minimum Gasteiger partial charge on any atom is -0.496 e. The minimum absolute atomic E-state index is 1.08. The lowest BCUT2D eigenvalue weighted by atomic mass is 10.0. The van der Waals surface area contributed by atoms with Crippen LogP contribution < -0.4 is 10.1 Å². The summed E-state index contributed by atoms with van der Waals surface area (Å²) in [5, 5.41) is 3.46. The molecular formula is C17H28N2O. The van der Waals surface area contributed by atoms with Gasteiger partial charge in [-0.15, -0.1) is 0 Å². The molecule has 1 N–H and O–H groups in total. The van der Waals surface area contributed by atoms with Crippen LogP contribution in [0.4, 0.5) is 0 Å². The van der Waals surface area contributed by atoms with Gasteiger partial charge in [0.15, 0.2) is 0 Å². The lowest BCUT2D eigenvalue weighted by Crippen LogP contribution is -2.29. The Morgan fingerprint density at radius 1 is 1.20 bits per heavy atom. The van der Waals surface area contributed by atoms with Crippen molar-refractivity contribution in [1.82, 2.24) is 10.2 Å². The predicted octanol–water partition coefficient (Wildman–Crippen LogP) is 2.54. The summed E-state index contributed by atoms with van der Waals surface area (Å²) in [6.07, 6.45) is 3.59. The van der Waals surface area contributed by atoms with Crippen LogP contribution in [0.25, 0.3) is 0 Å². The van der Waals surface area contributed by atoms with Crippen molar-refractivity contribution in [1.29, 1.82) is 0 Å². The third-order valence-corrected chi connectivity index (χ3v) is 4.05. The van der Waals surface area contributed by atoms with Crippen LogP contribution >= 0.6 is 0 Å². The fourth-order valence-corrected chi connectivity index (χ4v) is 3.14. The van der Waals surface area contributed by atoms with Gasteiger partial charge in [-0.3, -0.25) is 0 Å². The smallest absolute Gasteiger partial charge is 0.124 e. The topological polar surface area (TPSA) is 24.5 Å². The van der Waals surface area contributed by atoms with E-state index in [1.807, 2.05) is 0 Å². The molecule has 1 heterocycles. The first kappa shape index (κ1) is 15.3. The van der Waals surface area contributed by atoms with Gasteiger partial charge in [0.25, 0.3) is 0 Å². The maximum Gasteiger partial charge on any atom is 0.124 e. The second-order valence-corrected chi connectivity index (χ2v) is 5.82. The first-order valence-electron chi connectivity index (χ1n) is 7.78. The fourth-order valence-electron chi connectivity index (χ4n) is 3.14. The average molecular weight is 276 g/mol. The van der Waals surface area contributed by atoms with Gasteiger partial charge in [-0.2, -0.15) is 0 Å². The molecule has 0 aliphatic carbocycles. The highest BCUT2D eigenvalue weighted by atomic mass is 16.5. The molecule has 2 rings (SSSR count). The molecule has 3 heteroatoms. The summed E-state index contributed by atoms with van der Waals surface area (Å²) in [6.45, 7) is 10.2. The second-order valence-electron chi connectivity index (χ2n) is 5.82. The lowest BCUT2D eigenvalue weighted by Gasteiger charge is -2.20. The first-order chi connectivity index (χ1) is 9.70. The van der Waals surface area contributed by atoms with Crippen molar-refractivity contribution < 1.29 is 4.74 Å². The summed E-state index contributed by atoms with van der Waals surface area (Å²) in [4.78, 5) is 2.58. The molecular weight excluding hydrogens is 248 g/mol. The van der Waals surface area contributed by atoms with Crippen LogP contribution in [0.2, 0.25) is 0 Å². The number of aryl methyl sites for hydroxylation is 3. The third kappa shape index (κ3) is 4.22. The van der Waals surface area contributed by atoms with E-state index in [0.717, 1.165) is 18.7 Å². The highest BCUT2D eigenvalue weighted by molar-refractivity contribution is 5.43. The van der Waals surface area contributed by atoms with Gasteiger partial charge in [-0.1, -0.05) is 17.7 Å². The van der Waals surface area contributed by atoms with Crippen LogP contribution in [0.1, 0.15) is 29.5 Å². The zero-order chi connectivity index (χ0) is 14.4. The SMILES string of the molecule is COc1c(C)cc(C)cc1CCCN1CCCNCC1. The Morgan fingerprint density at radius 3 is 2.85 bits per heavy atom. The van der Waals surface area contributed by atoms with E-state index in [-0.39, 0.29) is 0 Å². The number of methoxy groups -OCH3 is 1. The highest BCUT2D eigenvalue weighted by Gasteiger charge is 2.10. The van der Waals surface area contributed by atoms with Crippen LogP contribution in [-0.4, -0.2) is 44.7 Å². The van der Waals surface area contributed by atoms with Crippen molar-refractivity contribution in [2.45, 2.75) is 33.1 Å². The fraction of sp³-hybridized carbons (Fsp3) is 0.647. The molecule has 1 aliphatic rings. The Labute approximate surface area is 123 Å². The van der Waals surface area contributed by atoms with Gasteiger partial charge < -0.3 is 15.0 Å². The summed E-state index contributed by atoms with van der Waals surface area (Å²) in [5.74, 6) is 1.08. The largest absolute Gasteiger partial charge is 0.496 e. The van der Waals surface area contributed by atoms with E-state index in [1.165, 1.54) is 55.7 Å². The number of hydrogen-bond acceptors (Lipinski definition) is 3. The maximum absolute atomic E-state index is 5.57. The monoisotopic (exact) mass is 276 g/mol. The van der Waals surface area contributed by atoms with Crippen molar-refractivity contribution in [3.05, 3.63) is 28.8 Å². The number of nitrogens with one attached hydrogen (secondary N) is 1. The maximum atomic E-state index is 5.57. The number of nitrogens with zero attached hydrogens (tertiary/aromatic N) is 1. The van der Waals surface area contributed by atoms with Gasteiger partial charge >= 0.3 is 0 Å². The van der Waals surface area contributed by atoms with Gasteiger partial charge in [0, 0.05) is 13.1 Å². The van der Waals surface area contributed by atoms with Crippen molar-refractivity contribution in [2.24, 2.45) is 0 Å². The van der Waals surface area contributed by atoms with E-state index < -0.39 is 0 Å². The zero-order valence-corrected chi connectivity index (χ0v) is 13.2. The molecule has 0 unspecified atom stereocenters. The van der Waals surface area contributed by atoms with Crippen molar-refractivity contribution >= 4 is 0 Å². The summed E-state index contributed by atoms with van der Waals surface area (Å²) in [7, 11) is 1.78. The second kappa shape index (κ2) is 7.65. The predicted molar refractivity (Wildman–Crippen MR) is 84.7 cm³/mol. The van der Waals surface area contributed by atoms with Crippen LogP contribution in [0, 0.1) is 13.8 Å². The Balaban J connectivity index is 1.90. The molecule has 0 atom stereocenters. The highest BCUT2D eigenvalue weighted by Crippen LogP contribution is 2.26. The quantitative estimate of drug-likeness (QED) is 0.894. The Kier molecular flexibility index (Phi) is 5.86. The average Bonchev–Trinajstić information content (AvgIpc) is 2.67. The van der Waals surface area contributed by atoms with Gasteiger partial charge in [-0.25, -0.2) is 0 Å². The molecule has 112 valence electrons. The van der Waals surface area contributed by atoms with Gasteiger partial charge in [0.2, 0.25) is 0 Å². The number of ether oxygens (including phenoxy) is 1. The molecule has 3 nitrogen and oxygen atoms in total. The number of hydrogen-bond donors (Lipinski definition) is 1. The molecule has 0 radical (unpaired) electrons. The Hall–Kier alpha value is -1.06. The van der Waals surface area contributed by atoms with Gasteiger partial charge in [0.05, 0.1) is 7.11 Å². The van der Waals surface area contributed by atoms with E-state index in [1.54, 1.807) is 7.11 Å². The summed E-state index contributed by atoms with van der Waals surface area (Å²) >= 11 is 0. The molecule has 1 aromatic carbocycles. The van der Waals surface area contributed by atoms with E-state index >= 15 is 0 Å². The van der Waals surface area contributed by atoms with Gasteiger partial charge in [0.1, 0.15) is 5.75 Å². The number of rotatable bonds is 5. The van der Waals surface area contributed by atoms with Gasteiger partial charge in [-0.05, 0) is 63.9 Å². The summed E-state index contributed by atoms with van der Waals surface area (Å²) < 4.78 is 5.57. The molecule has 0 saturated carbocycles. The van der Waals surface area contributed by atoms with Crippen LogP contribution in [-0.2, 0) is 6.42 Å². The summed E-state index contributed by atoms with van der Waals surface area (Å²) in [5.41, 5.74) is 3.94. The minimum atomic E-state index is 1.08. The first-order valence-corrected chi connectivity index (χ1v) is 7.78. The van der Waals surface area contributed by atoms with Crippen molar-refractivity contribution in [3.8, 4) is 5.75 Å². The Morgan fingerprint density at radius 2 is 2.05 bits per heavy atom. The molecule has 0 aromatic heterocycles. The van der Waals surface area contributed by atoms with Crippen LogP contribution in [0.5, 0.6) is 5.75 Å². The molecule has 1 aliphatic heterocycles. The normalized spacial score (nSPS) is 16.9. The van der Waals surface area contributed by atoms with Crippen molar-refractivity contribution in [3.63, 3.8) is 0 Å². The van der Waals surface area contributed by atoms with Crippen LogP contribution in [0.3, 0.4) is 0 Å². The molecule has 0 amide bonds. The molecule has 0 bridgehead atoms. The van der Waals surface area contributed by atoms with Crippen molar-refractivity contribution in [2.75, 3.05) is 39.8 Å². The third-order valence-electron chi connectivity index (χ3n) is 4.05. The molecule has 1 aromatic rings.